The van der Waals surface area contributed by atoms with Gasteiger partial charge in [-0.3, -0.25) is 4.79 Å². The van der Waals surface area contributed by atoms with Gasteiger partial charge in [-0.25, -0.2) is 4.39 Å². The molecule has 1 aromatic heterocycles. The molecular weight excluding hydrogens is 319 g/mol. The molecule has 0 N–H and O–H groups in total. The summed E-state index contributed by atoms with van der Waals surface area (Å²) in [5, 5.41) is 17.6. The second-order valence-corrected chi connectivity index (χ2v) is 5.70. The van der Waals surface area contributed by atoms with Crippen LogP contribution in [0.15, 0.2) is 48.5 Å². The van der Waals surface area contributed by atoms with Crippen molar-refractivity contribution in [2.75, 3.05) is 0 Å². The van der Waals surface area contributed by atoms with Crippen LogP contribution in [0.4, 0.5) is 4.39 Å². The highest BCUT2D eigenvalue weighted by Gasteiger charge is 2.28. The summed E-state index contributed by atoms with van der Waals surface area (Å²) in [7, 11) is 1.70. The van der Waals surface area contributed by atoms with E-state index in [0.29, 0.717) is 11.4 Å². The van der Waals surface area contributed by atoms with Crippen molar-refractivity contribution in [3.8, 4) is 17.5 Å². The van der Waals surface area contributed by atoms with Crippen molar-refractivity contribution in [1.82, 2.24) is 14.8 Å². The van der Waals surface area contributed by atoms with Gasteiger partial charge >= 0.3 is 0 Å². The number of rotatable bonds is 4. The summed E-state index contributed by atoms with van der Waals surface area (Å²) in [5.74, 6) is -1.36. The molecule has 0 aliphatic heterocycles. The van der Waals surface area contributed by atoms with E-state index >= 15 is 0 Å². The Morgan fingerprint density at radius 1 is 1.20 bits per heavy atom. The van der Waals surface area contributed by atoms with Gasteiger partial charge in [-0.15, -0.1) is 10.2 Å². The quantitative estimate of drug-likeness (QED) is 0.685. The largest absolute Gasteiger partial charge is 0.313 e. The molecule has 3 rings (SSSR count). The van der Waals surface area contributed by atoms with Gasteiger partial charge in [-0.1, -0.05) is 42.5 Å². The number of benzene rings is 2. The molecule has 25 heavy (non-hydrogen) atoms. The van der Waals surface area contributed by atoms with E-state index in [4.69, 9.17) is 0 Å². The van der Waals surface area contributed by atoms with Crippen molar-refractivity contribution >= 4 is 5.78 Å². The average molecular weight is 334 g/mol. The number of nitriles is 1. The van der Waals surface area contributed by atoms with E-state index in [9.17, 15) is 14.4 Å². The molecule has 5 nitrogen and oxygen atoms in total. The number of ketones is 1. The first-order chi connectivity index (χ1) is 12.0. The van der Waals surface area contributed by atoms with Crippen LogP contribution in [0, 0.1) is 24.1 Å². The number of hydrogen-bond donors (Lipinski definition) is 0. The molecular formula is C19H15FN4O. The molecule has 1 heterocycles. The van der Waals surface area contributed by atoms with E-state index in [1.807, 2.05) is 36.4 Å². The zero-order chi connectivity index (χ0) is 18.0. The maximum atomic E-state index is 13.7. The SMILES string of the molecule is Cc1ccc(C(=O)[C@@H](C#N)c2nnc(-c3ccccc3)n2C)cc1F. The fourth-order valence-corrected chi connectivity index (χ4v) is 2.58. The van der Waals surface area contributed by atoms with Crippen LogP contribution < -0.4 is 0 Å². The second-order valence-electron chi connectivity index (χ2n) is 5.70. The number of hydrogen-bond acceptors (Lipinski definition) is 4. The molecule has 0 unspecified atom stereocenters. The highest BCUT2D eigenvalue weighted by atomic mass is 19.1. The number of carbonyl (C=O) groups is 1. The van der Waals surface area contributed by atoms with Gasteiger partial charge in [-0.05, 0) is 18.6 Å². The molecule has 0 saturated carbocycles. The van der Waals surface area contributed by atoms with Crippen molar-refractivity contribution in [1.29, 1.82) is 5.26 Å². The van der Waals surface area contributed by atoms with Crippen molar-refractivity contribution < 1.29 is 9.18 Å². The number of carbonyl (C=O) groups excluding carboxylic acids is 1. The van der Waals surface area contributed by atoms with Gasteiger partial charge in [0.05, 0.1) is 6.07 Å². The van der Waals surface area contributed by atoms with Gasteiger partial charge in [0.15, 0.2) is 23.3 Å². The van der Waals surface area contributed by atoms with Gasteiger partial charge in [0.25, 0.3) is 0 Å². The van der Waals surface area contributed by atoms with E-state index in [2.05, 4.69) is 10.2 Å². The molecule has 0 fully saturated rings. The molecule has 1 atom stereocenters. The fraction of sp³-hybridized carbons (Fsp3) is 0.158. The minimum Gasteiger partial charge on any atom is -0.313 e. The fourth-order valence-electron chi connectivity index (χ4n) is 2.58. The molecule has 0 bridgehead atoms. The van der Waals surface area contributed by atoms with Gasteiger partial charge in [0, 0.05) is 18.2 Å². The first-order valence-corrected chi connectivity index (χ1v) is 7.67. The number of halogens is 1. The Morgan fingerprint density at radius 2 is 1.92 bits per heavy atom. The van der Waals surface area contributed by atoms with E-state index in [1.165, 1.54) is 12.1 Å². The molecule has 0 amide bonds. The highest BCUT2D eigenvalue weighted by Crippen LogP contribution is 2.24. The van der Waals surface area contributed by atoms with Gasteiger partial charge < -0.3 is 4.57 Å². The van der Waals surface area contributed by atoms with Gasteiger partial charge in [-0.2, -0.15) is 5.26 Å². The zero-order valence-electron chi connectivity index (χ0n) is 13.8. The highest BCUT2D eigenvalue weighted by molar-refractivity contribution is 6.02. The molecule has 3 aromatic rings. The molecule has 0 radical (unpaired) electrons. The smallest absolute Gasteiger partial charge is 0.187 e. The summed E-state index contributed by atoms with van der Waals surface area (Å²) in [4.78, 5) is 12.7. The maximum absolute atomic E-state index is 13.7. The first-order valence-electron chi connectivity index (χ1n) is 7.67. The van der Waals surface area contributed by atoms with Crippen LogP contribution >= 0.6 is 0 Å². The standard InChI is InChI=1S/C19H15FN4O/c1-12-8-9-14(10-16(12)20)17(25)15(11-21)19-23-22-18(24(19)2)13-6-4-3-5-7-13/h3-10,15H,1-2H3/t15-/m1/s1. The Labute approximate surface area is 144 Å². The van der Waals surface area contributed by atoms with Crippen LogP contribution in [0.3, 0.4) is 0 Å². The summed E-state index contributed by atoms with van der Waals surface area (Å²) >= 11 is 0. The third-order valence-electron chi connectivity index (χ3n) is 4.05. The monoisotopic (exact) mass is 334 g/mol. The molecule has 0 saturated heterocycles. The molecule has 0 aliphatic carbocycles. The van der Waals surface area contributed by atoms with E-state index < -0.39 is 17.5 Å². The lowest BCUT2D eigenvalue weighted by molar-refractivity contribution is 0.0974. The Morgan fingerprint density at radius 3 is 2.56 bits per heavy atom. The Kier molecular flexibility index (Phi) is 4.40. The first kappa shape index (κ1) is 16.5. The number of aromatic nitrogens is 3. The zero-order valence-corrected chi connectivity index (χ0v) is 13.8. The van der Waals surface area contributed by atoms with Crippen LogP contribution in [-0.4, -0.2) is 20.5 Å². The lowest BCUT2D eigenvalue weighted by Crippen LogP contribution is -2.16. The lowest BCUT2D eigenvalue weighted by atomic mass is 9.97. The molecule has 0 spiro atoms. The van der Waals surface area contributed by atoms with Crippen LogP contribution in [0.5, 0.6) is 0 Å². The Bertz CT molecular complexity index is 973. The molecule has 2 aromatic carbocycles. The van der Waals surface area contributed by atoms with Gasteiger partial charge in [0.2, 0.25) is 0 Å². The Balaban J connectivity index is 1.99. The van der Waals surface area contributed by atoms with Crippen molar-refractivity contribution in [2.45, 2.75) is 12.8 Å². The van der Waals surface area contributed by atoms with Gasteiger partial charge in [0.1, 0.15) is 5.82 Å². The number of Topliss-reactive ketones (excluding diaryl/α,β-unsaturated/α-hetero) is 1. The van der Waals surface area contributed by atoms with Crippen LogP contribution in [0.25, 0.3) is 11.4 Å². The maximum Gasteiger partial charge on any atom is 0.187 e. The number of aryl methyl sites for hydroxylation is 1. The van der Waals surface area contributed by atoms with Crippen molar-refractivity contribution in [2.24, 2.45) is 7.05 Å². The van der Waals surface area contributed by atoms with Crippen LogP contribution in [-0.2, 0) is 7.05 Å². The second kappa shape index (κ2) is 6.65. The summed E-state index contributed by atoms with van der Waals surface area (Å²) in [6, 6.07) is 15.5. The average Bonchev–Trinajstić information content (AvgIpc) is 3.00. The lowest BCUT2D eigenvalue weighted by Gasteiger charge is -2.09. The van der Waals surface area contributed by atoms with Crippen LogP contribution in [0.1, 0.15) is 27.7 Å². The summed E-state index contributed by atoms with van der Waals surface area (Å²) < 4.78 is 15.4. The molecule has 6 heteroatoms. The normalized spacial score (nSPS) is 11.8. The minimum absolute atomic E-state index is 0.138. The van der Waals surface area contributed by atoms with Crippen molar-refractivity contribution in [3.63, 3.8) is 0 Å². The molecule has 0 aliphatic rings. The predicted molar refractivity (Wildman–Crippen MR) is 90.3 cm³/mol. The summed E-state index contributed by atoms with van der Waals surface area (Å²) in [6.07, 6.45) is 0. The summed E-state index contributed by atoms with van der Waals surface area (Å²) in [5.41, 5.74) is 1.41. The van der Waals surface area contributed by atoms with Crippen molar-refractivity contribution in [3.05, 3.63) is 71.3 Å². The van der Waals surface area contributed by atoms with Crippen LogP contribution in [0.2, 0.25) is 0 Å². The van der Waals surface area contributed by atoms with E-state index in [0.717, 1.165) is 11.6 Å². The molecule has 124 valence electrons. The topological polar surface area (TPSA) is 71.6 Å². The van der Waals surface area contributed by atoms with E-state index in [1.54, 1.807) is 18.5 Å². The minimum atomic E-state index is -1.16. The van der Waals surface area contributed by atoms with E-state index in [-0.39, 0.29) is 11.4 Å². The summed E-state index contributed by atoms with van der Waals surface area (Å²) in [6.45, 7) is 1.61. The predicted octanol–water partition coefficient (Wildman–Crippen LogP) is 3.42. The Hall–Kier alpha value is -3.33. The third kappa shape index (κ3) is 3.04. The number of nitrogens with zero attached hydrogens (tertiary/aromatic N) is 4. The third-order valence-corrected chi connectivity index (χ3v) is 4.05.